The molecule has 21 heavy (non-hydrogen) atoms. The first-order valence-corrected chi connectivity index (χ1v) is 6.81. The molecule has 0 fully saturated rings. The van der Waals surface area contributed by atoms with Crippen LogP contribution in [0.3, 0.4) is 0 Å². The lowest BCUT2D eigenvalue weighted by Crippen LogP contribution is -2.03. The Bertz CT molecular complexity index is 735. The maximum absolute atomic E-state index is 5.58. The Morgan fingerprint density at radius 3 is 2.71 bits per heavy atom. The highest BCUT2D eigenvalue weighted by atomic mass is 16.5. The van der Waals surface area contributed by atoms with Gasteiger partial charge in [-0.15, -0.1) is 0 Å². The normalized spacial score (nSPS) is 11.0. The lowest BCUT2D eigenvalue weighted by molar-refractivity contribution is 0.146. The molecule has 0 aliphatic heterocycles. The molecular formula is C16H17N3O2. The molecule has 3 rings (SSSR count). The molecule has 0 N–H and O–H groups in total. The number of methoxy groups -OCH3 is 1. The summed E-state index contributed by atoms with van der Waals surface area (Å²) in [5.41, 5.74) is 3.96. The van der Waals surface area contributed by atoms with Crippen LogP contribution in [0, 0.1) is 6.92 Å². The smallest absolute Gasteiger partial charge is 0.163 e. The molecule has 0 spiro atoms. The fourth-order valence-electron chi connectivity index (χ4n) is 2.30. The number of aromatic nitrogens is 3. The number of benzene rings is 1. The minimum atomic E-state index is 0.549. The third kappa shape index (κ3) is 2.73. The molecule has 0 aliphatic rings. The average molecular weight is 283 g/mol. The molecule has 0 atom stereocenters. The molecular weight excluding hydrogens is 266 g/mol. The van der Waals surface area contributed by atoms with Gasteiger partial charge in [-0.2, -0.15) is 5.10 Å². The van der Waals surface area contributed by atoms with Crippen molar-refractivity contribution in [2.75, 3.05) is 20.3 Å². The van der Waals surface area contributed by atoms with E-state index in [0.29, 0.717) is 13.2 Å². The molecule has 0 aliphatic carbocycles. The van der Waals surface area contributed by atoms with Gasteiger partial charge in [0.1, 0.15) is 12.4 Å². The van der Waals surface area contributed by atoms with Gasteiger partial charge in [0.05, 0.1) is 12.3 Å². The molecule has 5 heteroatoms. The molecule has 0 bridgehead atoms. The van der Waals surface area contributed by atoms with Gasteiger partial charge in [0, 0.05) is 25.1 Å². The van der Waals surface area contributed by atoms with Crippen LogP contribution in [-0.4, -0.2) is 34.9 Å². The second-order valence-corrected chi connectivity index (χ2v) is 4.71. The largest absolute Gasteiger partial charge is 0.491 e. The SMILES string of the molecule is COCCOc1ccc(-c2c(C)nn3cccnc23)cc1. The summed E-state index contributed by atoms with van der Waals surface area (Å²) in [5, 5.41) is 4.48. The second kappa shape index (κ2) is 5.93. The van der Waals surface area contributed by atoms with Crippen molar-refractivity contribution in [3.05, 3.63) is 48.4 Å². The van der Waals surface area contributed by atoms with Gasteiger partial charge >= 0.3 is 0 Å². The first-order valence-electron chi connectivity index (χ1n) is 6.81. The quantitative estimate of drug-likeness (QED) is 0.676. The van der Waals surface area contributed by atoms with E-state index in [4.69, 9.17) is 9.47 Å². The van der Waals surface area contributed by atoms with Crippen molar-refractivity contribution in [3.8, 4) is 16.9 Å². The van der Waals surface area contributed by atoms with Gasteiger partial charge in [-0.1, -0.05) is 12.1 Å². The molecule has 2 aromatic heterocycles. The maximum Gasteiger partial charge on any atom is 0.163 e. The Balaban J connectivity index is 1.90. The van der Waals surface area contributed by atoms with Crippen molar-refractivity contribution in [1.29, 1.82) is 0 Å². The highest BCUT2D eigenvalue weighted by Gasteiger charge is 2.12. The molecule has 0 saturated carbocycles. The van der Waals surface area contributed by atoms with E-state index in [1.54, 1.807) is 17.8 Å². The van der Waals surface area contributed by atoms with Crippen molar-refractivity contribution in [3.63, 3.8) is 0 Å². The number of aryl methyl sites for hydroxylation is 1. The Labute approximate surface area is 123 Å². The Kier molecular flexibility index (Phi) is 3.83. The van der Waals surface area contributed by atoms with Crippen LogP contribution in [0.4, 0.5) is 0 Å². The van der Waals surface area contributed by atoms with E-state index in [-0.39, 0.29) is 0 Å². The standard InChI is InChI=1S/C16H17N3O2/c1-12-15(16-17-8-3-9-19(16)18-12)13-4-6-14(7-5-13)21-11-10-20-2/h3-9H,10-11H2,1-2H3. The van der Waals surface area contributed by atoms with Crippen molar-refractivity contribution < 1.29 is 9.47 Å². The van der Waals surface area contributed by atoms with Gasteiger partial charge in [-0.25, -0.2) is 9.50 Å². The Morgan fingerprint density at radius 1 is 1.14 bits per heavy atom. The van der Waals surface area contributed by atoms with Crippen molar-refractivity contribution in [2.45, 2.75) is 6.92 Å². The number of hydrogen-bond donors (Lipinski definition) is 0. The van der Waals surface area contributed by atoms with Gasteiger partial charge in [-0.05, 0) is 30.7 Å². The first-order chi connectivity index (χ1) is 10.3. The van der Waals surface area contributed by atoms with Gasteiger partial charge in [0.2, 0.25) is 0 Å². The predicted octanol–water partition coefficient (Wildman–Crippen LogP) is 2.73. The van der Waals surface area contributed by atoms with E-state index in [1.807, 2.05) is 43.5 Å². The number of nitrogens with zero attached hydrogens (tertiary/aromatic N) is 3. The highest BCUT2D eigenvalue weighted by molar-refractivity contribution is 5.79. The molecule has 5 nitrogen and oxygen atoms in total. The molecule has 0 unspecified atom stereocenters. The summed E-state index contributed by atoms with van der Waals surface area (Å²) in [6, 6.07) is 9.84. The number of fused-ring (bicyclic) bond motifs is 1. The molecule has 1 aromatic carbocycles. The van der Waals surface area contributed by atoms with Crippen LogP contribution >= 0.6 is 0 Å². The zero-order valence-electron chi connectivity index (χ0n) is 12.1. The monoisotopic (exact) mass is 283 g/mol. The highest BCUT2D eigenvalue weighted by Crippen LogP contribution is 2.28. The van der Waals surface area contributed by atoms with Gasteiger partial charge in [0.25, 0.3) is 0 Å². The Morgan fingerprint density at radius 2 is 1.95 bits per heavy atom. The van der Waals surface area contributed by atoms with Crippen molar-refractivity contribution in [2.24, 2.45) is 0 Å². The fourth-order valence-corrected chi connectivity index (χ4v) is 2.30. The van der Waals surface area contributed by atoms with Crippen molar-refractivity contribution >= 4 is 5.65 Å². The van der Waals surface area contributed by atoms with Crippen LogP contribution in [0.25, 0.3) is 16.8 Å². The fraction of sp³-hybridized carbons (Fsp3) is 0.250. The Hall–Kier alpha value is -2.40. The predicted molar refractivity (Wildman–Crippen MR) is 80.5 cm³/mol. The van der Waals surface area contributed by atoms with Gasteiger partial charge < -0.3 is 9.47 Å². The van der Waals surface area contributed by atoms with Crippen LogP contribution < -0.4 is 4.74 Å². The van der Waals surface area contributed by atoms with E-state index < -0.39 is 0 Å². The van der Waals surface area contributed by atoms with Gasteiger partial charge in [0.15, 0.2) is 5.65 Å². The van der Waals surface area contributed by atoms with Crippen LogP contribution in [0.5, 0.6) is 5.75 Å². The maximum atomic E-state index is 5.58. The summed E-state index contributed by atoms with van der Waals surface area (Å²) >= 11 is 0. The summed E-state index contributed by atoms with van der Waals surface area (Å²) in [4.78, 5) is 4.41. The zero-order chi connectivity index (χ0) is 14.7. The molecule has 2 heterocycles. The van der Waals surface area contributed by atoms with Gasteiger partial charge in [-0.3, -0.25) is 0 Å². The van der Waals surface area contributed by atoms with E-state index >= 15 is 0 Å². The summed E-state index contributed by atoms with van der Waals surface area (Å²) < 4.78 is 12.3. The lowest BCUT2D eigenvalue weighted by Gasteiger charge is -2.06. The molecule has 0 amide bonds. The average Bonchev–Trinajstić information content (AvgIpc) is 2.84. The topological polar surface area (TPSA) is 48.7 Å². The van der Waals surface area contributed by atoms with Crippen LogP contribution in [0.2, 0.25) is 0 Å². The molecule has 0 radical (unpaired) electrons. The summed E-state index contributed by atoms with van der Waals surface area (Å²) in [6.45, 7) is 3.12. The third-order valence-corrected chi connectivity index (χ3v) is 3.27. The third-order valence-electron chi connectivity index (χ3n) is 3.27. The summed E-state index contributed by atoms with van der Waals surface area (Å²) in [7, 11) is 1.66. The minimum Gasteiger partial charge on any atom is -0.491 e. The lowest BCUT2D eigenvalue weighted by atomic mass is 10.1. The number of hydrogen-bond acceptors (Lipinski definition) is 4. The summed E-state index contributed by atoms with van der Waals surface area (Å²) in [5.74, 6) is 0.831. The van der Waals surface area contributed by atoms with Crippen LogP contribution in [-0.2, 0) is 4.74 Å². The van der Waals surface area contributed by atoms with Crippen molar-refractivity contribution in [1.82, 2.24) is 14.6 Å². The van der Waals surface area contributed by atoms with Crippen LogP contribution in [0.1, 0.15) is 5.69 Å². The molecule has 108 valence electrons. The second-order valence-electron chi connectivity index (χ2n) is 4.71. The number of rotatable bonds is 5. The molecule has 0 saturated heterocycles. The first kappa shape index (κ1) is 13.6. The van der Waals surface area contributed by atoms with E-state index in [9.17, 15) is 0 Å². The number of ether oxygens (including phenoxy) is 2. The van der Waals surface area contributed by atoms with E-state index in [1.165, 1.54) is 0 Å². The van der Waals surface area contributed by atoms with Crippen LogP contribution in [0.15, 0.2) is 42.7 Å². The van der Waals surface area contributed by atoms with E-state index in [0.717, 1.165) is 28.2 Å². The molecule has 3 aromatic rings. The summed E-state index contributed by atoms with van der Waals surface area (Å²) in [6.07, 6.45) is 3.68. The van der Waals surface area contributed by atoms with E-state index in [2.05, 4.69) is 10.1 Å². The zero-order valence-corrected chi connectivity index (χ0v) is 12.1. The minimum absolute atomic E-state index is 0.549.